The van der Waals surface area contributed by atoms with Crippen LogP contribution in [-0.2, 0) is 6.61 Å². The van der Waals surface area contributed by atoms with E-state index in [-0.39, 0.29) is 41.5 Å². The van der Waals surface area contributed by atoms with Crippen molar-refractivity contribution in [2.24, 2.45) is 0 Å². The Balaban J connectivity index is 1.33. The van der Waals surface area contributed by atoms with E-state index < -0.39 is 23.4 Å². The largest absolute Gasteiger partial charge is 0.489 e. The molecule has 0 unspecified atom stereocenters. The van der Waals surface area contributed by atoms with Gasteiger partial charge in [-0.05, 0) is 98.0 Å². The van der Waals surface area contributed by atoms with Crippen molar-refractivity contribution >= 4 is 22.9 Å². The Kier molecular flexibility index (Phi) is 9.02. The average molecular weight is 642 g/mol. The summed E-state index contributed by atoms with van der Waals surface area (Å²) in [5.74, 6) is -3.28. The van der Waals surface area contributed by atoms with Gasteiger partial charge in [0.25, 0.3) is 5.91 Å². The van der Waals surface area contributed by atoms with Gasteiger partial charge in [-0.25, -0.2) is 22.9 Å². The molecular weight excluding hydrogens is 607 g/mol. The van der Waals surface area contributed by atoms with Crippen molar-refractivity contribution in [3.8, 4) is 28.3 Å². The first-order valence-electron chi connectivity index (χ1n) is 15.7. The minimum absolute atomic E-state index is 0.0888. The predicted molar refractivity (Wildman–Crippen MR) is 173 cm³/mol. The van der Waals surface area contributed by atoms with E-state index in [1.807, 2.05) is 18.4 Å². The molecule has 4 aromatic carbocycles. The Morgan fingerprint density at radius 3 is 2.32 bits per heavy atom. The number of imidazole rings is 1. The summed E-state index contributed by atoms with van der Waals surface area (Å²) in [6, 6.07) is 17.7. The number of hydrogen-bond donors (Lipinski definition) is 2. The Hall–Kier alpha value is -5.12. The highest BCUT2D eigenvalue weighted by Crippen LogP contribution is 2.38. The third kappa shape index (κ3) is 6.72. The Labute approximate surface area is 270 Å². The highest BCUT2D eigenvalue weighted by atomic mass is 19.2. The maximum Gasteiger partial charge on any atom is 0.335 e. The first-order chi connectivity index (χ1) is 22.6. The highest BCUT2D eigenvalue weighted by molar-refractivity contribution is 5.95. The lowest BCUT2D eigenvalue weighted by atomic mass is 9.94. The molecule has 1 amide bonds. The van der Waals surface area contributed by atoms with Crippen molar-refractivity contribution in [3.63, 3.8) is 0 Å². The zero-order valence-electron chi connectivity index (χ0n) is 26.0. The number of fused-ring (bicyclic) bond motifs is 1. The zero-order chi connectivity index (χ0) is 33.2. The molecule has 2 N–H and O–H groups in total. The van der Waals surface area contributed by atoms with Crippen LogP contribution < -0.4 is 10.1 Å². The molecule has 1 aliphatic rings. The van der Waals surface area contributed by atoms with E-state index in [0.29, 0.717) is 33.6 Å². The Morgan fingerprint density at radius 2 is 1.62 bits per heavy atom. The monoisotopic (exact) mass is 641 g/mol. The van der Waals surface area contributed by atoms with Gasteiger partial charge < -0.3 is 19.7 Å². The number of amides is 1. The number of carboxylic acids is 1. The molecule has 6 rings (SSSR count). The second-order valence-corrected chi connectivity index (χ2v) is 12.2. The van der Waals surface area contributed by atoms with Crippen LogP contribution in [0.5, 0.6) is 5.75 Å². The molecule has 5 aromatic rings. The molecule has 1 fully saturated rings. The van der Waals surface area contributed by atoms with E-state index in [4.69, 9.17) is 9.72 Å². The minimum Gasteiger partial charge on any atom is -0.489 e. The van der Waals surface area contributed by atoms with E-state index in [0.717, 1.165) is 49.8 Å². The maximum atomic E-state index is 15.9. The number of nitrogens with zero attached hydrogens (tertiary/aromatic N) is 2. The van der Waals surface area contributed by atoms with Crippen molar-refractivity contribution in [1.29, 1.82) is 0 Å². The number of hydrogen-bond acceptors (Lipinski definition) is 4. The van der Waals surface area contributed by atoms with Crippen molar-refractivity contribution in [3.05, 3.63) is 107 Å². The lowest BCUT2D eigenvalue weighted by Gasteiger charge is -2.25. The third-order valence-corrected chi connectivity index (χ3v) is 8.47. The normalized spacial score (nSPS) is 13.7. The molecule has 242 valence electrons. The van der Waals surface area contributed by atoms with Gasteiger partial charge in [-0.2, -0.15) is 0 Å². The van der Waals surface area contributed by atoms with Crippen molar-refractivity contribution in [2.75, 3.05) is 0 Å². The maximum absolute atomic E-state index is 15.9. The first kappa shape index (κ1) is 31.8. The van der Waals surface area contributed by atoms with Gasteiger partial charge >= 0.3 is 5.97 Å². The molecule has 47 heavy (non-hydrogen) atoms. The van der Waals surface area contributed by atoms with Gasteiger partial charge in [-0.15, -0.1) is 0 Å². The quantitative estimate of drug-likeness (QED) is 0.168. The summed E-state index contributed by atoms with van der Waals surface area (Å²) in [5.41, 5.74) is 3.40. The summed E-state index contributed by atoms with van der Waals surface area (Å²) in [4.78, 5) is 29.1. The molecule has 7 nitrogen and oxygen atoms in total. The predicted octanol–water partition coefficient (Wildman–Crippen LogP) is 8.71. The van der Waals surface area contributed by atoms with E-state index >= 15 is 4.39 Å². The number of aromatic carboxylic acids is 1. The van der Waals surface area contributed by atoms with E-state index in [2.05, 4.69) is 5.32 Å². The van der Waals surface area contributed by atoms with Crippen molar-refractivity contribution < 1.29 is 32.6 Å². The van der Waals surface area contributed by atoms with E-state index in [1.165, 1.54) is 18.2 Å². The molecule has 0 radical (unpaired) electrons. The summed E-state index contributed by atoms with van der Waals surface area (Å²) >= 11 is 0. The van der Waals surface area contributed by atoms with Crippen LogP contribution in [0.15, 0.2) is 72.8 Å². The van der Waals surface area contributed by atoms with Gasteiger partial charge in [0.1, 0.15) is 24.0 Å². The van der Waals surface area contributed by atoms with E-state index in [1.54, 1.807) is 42.5 Å². The SMILES string of the molecule is CC(C)NC(=O)c1ccc(-c2ccc(F)c(F)c2)c(COc2ccc(-c3nc4cc(C(=O)O)ccc4n3C3CCCCC3)c(F)c2)c1. The summed E-state index contributed by atoms with van der Waals surface area (Å²) < 4.78 is 51.8. The minimum atomic E-state index is -1.06. The number of halogens is 3. The van der Waals surface area contributed by atoms with Crippen molar-refractivity contribution in [2.45, 2.75) is 64.6 Å². The Bertz CT molecular complexity index is 1980. The number of carbonyl (C=O) groups excluding carboxylic acids is 1. The fourth-order valence-electron chi connectivity index (χ4n) is 6.20. The summed E-state index contributed by atoms with van der Waals surface area (Å²) in [6.45, 7) is 3.59. The number of nitrogens with one attached hydrogen (secondary N) is 1. The van der Waals surface area contributed by atoms with Crippen LogP contribution in [-0.4, -0.2) is 32.6 Å². The van der Waals surface area contributed by atoms with Gasteiger partial charge in [-0.1, -0.05) is 31.4 Å². The van der Waals surface area contributed by atoms with Gasteiger partial charge in [0, 0.05) is 23.7 Å². The third-order valence-electron chi connectivity index (χ3n) is 8.47. The Morgan fingerprint density at radius 1 is 0.872 bits per heavy atom. The molecule has 1 aliphatic carbocycles. The van der Waals surface area contributed by atoms with Crippen molar-refractivity contribution in [1.82, 2.24) is 14.9 Å². The molecule has 0 bridgehead atoms. The van der Waals surface area contributed by atoms with Crippen LogP contribution in [0.4, 0.5) is 13.2 Å². The first-order valence-corrected chi connectivity index (χ1v) is 15.7. The lowest BCUT2D eigenvalue weighted by molar-refractivity contribution is 0.0696. The van der Waals surface area contributed by atoms with Crippen LogP contribution in [0.25, 0.3) is 33.5 Å². The zero-order valence-corrected chi connectivity index (χ0v) is 26.0. The molecule has 10 heteroatoms. The smallest absolute Gasteiger partial charge is 0.335 e. The van der Waals surface area contributed by atoms with Gasteiger partial charge in [0.05, 0.1) is 22.2 Å². The number of rotatable bonds is 9. The summed E-state index contributed by atoms with van der Waals surface area (Å²) in [7, 11) is 0. The topological polar surface area (TPSA) is 93.4 Å². The van der Waals surface area contributed by atoms with Crippen LogP contribution in [0.1, 0.15) is 78.3 Å². The van der Waals surface area contributed by atoms with Gasteiger partial charge in [-0.3, -0.25) is 4.79 Å². The molecule has 0 aliphatic heterocycles. The van der Waals surface area contributed by atoms with Crippen LogP contribution in [0, 0.1) is 17.5 Å². The van der Waals surface area contributed by atoms with Crippen LogP contribution >= 0.6 is 0 Å². The number of benzene rings is 4. The fraction of sp³-hybridized carbons (Fsp3) is 0.270. The second kappa shape index (κ2) is 13.3. The average Bonchev–Trinajstić information content (AvgIpc) is 3.43. The molecular formula is C37H34F3N3O4. The van der Waals surface area contributed by atoms with Gasteiger partial charge in [0.15, 0.2) is 11.6 Å². The van der Waals surface area contributed by atoms with Crippen LogP contribution in [0.2, 0.25) is 0 Å². The molecule has 1 aromatic heterocycles. The van der Waals surface area contributed by atoms with Crippen LogP contribution in [0.3, 0.4) is 0 Å². The molecule has 0 atom stereocenters. The second-order valence-electron chi connectivity index (χ2n) is 12.2. The standard InChI is InChI=1S/C37H34F3N3O4/c1-21(2)41-36(44)23-8-12-28(22-9-14-30(38)32(40)17-22)25(16-23)20-47-27-11-13-29(31(39)19-27)35-42-33-18-24(37(45)46)10-15-34(33)43(35)26-6-4-3-5-7-26/h8-19,21,26H,3-7,20H2,1-2H3,(H,41,44)(H,45,46). The number of carboxylic acid groups (broad SMARTS) is 1. The van der Waals surface area contributed by atoms with Gasteiger partial charge in [0.2, 0.25) is 0 Å². The molecule has 1 saturated carbocycles. The number of ether oxygens (including phenoxy) is 1. The lowest BCUT2D eigenvalue weighted by Crippen LogP contribution is -2.30. The number of aromatic nitrogens is 2. The molecule has 0 spiro atoms. The highest BCUT2D eigenvalue weighted by Gasteiger charge is 2.25. The number of carbonyl (C=O) groups is 2. The molecule has 0 saturated heterocycles. The van der Waals surface area contributed by atoms with E-state index in [9.17, 15) is 23.5 Å². The summed E-state index contributed by atoms with van der Waals surface area (Å²) in [6.07, 6.45) is 5.04. The fourth-order valence-corrected chi connectivity index (χ4v) is 6.20. The summed E-state index contributed by atoms with van der Waals surface area (Å²) in [5, 5.41) is 12.4. The molecule has 1 heterocycles.